The van der Waals surface area contributed by atoms with E-state index in [9.17, 15) is 30.3 Å². The van der Waals surface area contributed by atoms with Crippen LogP contribution in [0.3, 0.4) is 0 Å². The van der Waals surface area contributed by atoms with Gasteiger partial charge in [0.2, 0.25) is 5.91 Å². The third kappa shape index (κ3) is 27.0. The third-order valence-corrected chi connectivity index (χ3v) is 9.78. The smallest absolute Gasteiger partial charge is 0.220 e. The number of aliphatic hydroxyl groups excluding tert-OH is 5. The predicted octanol–water partition coefficient (Wildman–Crippen LogP) is 8.61. The lowest BCUT2D eigenvalue weighted by Crippen LogP contribution is -2.60. The molecule has 9 heteroatoms. The number of unbranched alkanes of at least 4 members (excludes halogenated alkanes) is 14. The molecule has 1 rings (SSSR count). The first-order valence-corrected chi connectivity index (χ1v) is 21.7. The second-order valence-corrected chi connectivity index (χ2v) is 14.8. The van der Waals surface area contributed by atoms with Crippen molar-refractivity contribution in [2.75, 3.05) is 13.2 Å². The Kier molecular flexibility index (Phi) is 33.2. The van der Waals surface area contributed by atoms with E-state index in [0.717, 1.165) is 38.5 Å². The summed E-state index contributed by atoms with van der Waals surface area (Å²) in [5, 5.41) is 54.0. The van der Waals surface area contributed by atoms with Gasteiger partial charge in [-0.1, -0.05) is 164 Å². The average molecular weight is 774 g/mol. The number of allylic oxidation sites excluding steroid dienone is 11. The zero-order valence-corrected chi connectivity index (χ0v) is 34.4. The van der Waals surface area contributed by atoms with Gasteiger partial charge in [0.1, 0.15) is 24.4 Å². The van der Waals surface area contributed by atoms with Gasteiger partial charge in [-0.05, 0) is 57.8 Å². The first-order chi connectivity index (χ1) is 26.8. The highest BCUT2D eigenvalue weighted by Gasteiger charge is 2.44. The zero-order valence-electron chi connectivity index (χ0n) is 34.4. The monoisotopic (exact) mass is 774 g/mol. The van der Waals surface area contributed by atoms with E-state index in [-0.39, 0.29) is 18.9 Å². The van der Waals surface area contributed by atoms with Gasteiger partial charge in [-0.15, -0.1) is 0 Å². The van der Waals surface area contributed by atoms with Gasteiger partial charge in [-0.25, -0.2) is 0 Å². The summed E-state index contributed by atoms with van der Waals surface area (Å²) in [6, 6.07) is -0.858. The van der Waals surface area contributed by atoms with Crippen LogP contribution in [0.15, 0.2) is 72.9 Å². The molecular weight excluding hydrogens is 695 g/mol. The number of carbonyl (C=O) groups is 1. The van der Waals surface area contributed by atoms with Gasteiger partial charge in [0.05, 0.1) is 25.4 Å². The van der Waals surface area contributed by atoms with Crippen molar-refractivity contribution in [3.05, 3.63) is 72.9 Å². The third-order valence-electron chi connectivity index (χ3n) is 9.78. The molecule has 0 aromatic rings. The highest BCUT2D eigenvalue weighted by molar-refractivity contribution is 5.76. The predicted molar refractivity (Wildman–Crippen MR) is 225 cm³/mol. The van der Waals surface area contributed by atoms with E-state index in [4.69, 9.17) is 9.47 Å². The molecule has 1 aliphatic rings. The molecule has 1 heterocycles. The molecule has 9 nitrogen and oxygen atoms in total. The van der Waals surface area contributed by atoms with Gasteiger partial charge in [0.15, 0.2) is 6.29 Å². The Bertz CT molecular complexity index is 1080. The highest BCUT2D eigenvalue weighted by Crippen LogP contribution is 2.22. The van der Waals surface area contributed by atoms with Crippen molar-refractivity contribution >= 4 is 5.91 Å². The van der Waals surface area contributed by atoms with Crippen molar-refractivity contribution in [1.29, 1.82) is 0 Å². The van der Waals surface area contributed by atoms with Crippen LogP contribution in [-0.2, 0) is 14.3 Å². The largest absolute Gasteiger partial charge is 0.394 e. The molecular formula is C46H79NO8. The van der Waals surface area contributed by atoms with Crippen LogP contribution in [0.2, 0.25) is 0 Å². The first kappa shape index (κ1) is 50.6. The summed E-state index contributed by atoms with van der Waals surface area (Å²) in [5.41, 5.74) is 0. The standard InChI is InChI=1S/C46H79NO8/c1-3-5-7-9-11-13-15-17-19-21-23-25-27-29-31-33-35-40(49)39(38-54-46-45(53)44(52)43(51)41(37-48)55-46)47-42(50)36-34-32-30-28-26-24-22-20-18-16-14-12-10-8-6-4-2/h10,12,16,18,22,24,27-30,33,35,39-41,43-46,48-49,51-53H,3-9,11,13-15,17,19-21,23,25-26,31-32,34,36-38H2,1-2H3,(H,47,50)/b12-10+,18-16+,24-22+,29-27+,30-28+,35-33+/t39-,40?,41-,43+,44+,45-,46+/m1/s1. The van der Waals surface area contributed by atoms with E-state index < -0.39 is 49.5 Å². The summed E-state index contributed by atoms with van der Waals surface area (Å²) in [4.78, 5) is 12.9. The number of hydrogen-bond donors (Lipinski definition) is 6. The fourth-order valence-electron chi connectivity index (χ4n) is 6.23. The SMILES string of the molecule is CCCC/C=C/C/C=C/C/C=C/C/C=C/CCCC(=O)N[C@H](CO[C@H]1O[C@H](CO)[C@H](O)[C@H](O)[C@H]1O)C(O)/C=C/C/C=C/CCCCCCCCCCCCC. The number of nitrogens with one attached hydrogen (secondary N) is 1. The summed E-state index contributed by atoms with van der Waals surface area (Å²) in [7, 11) is 0. The van der Waals surface area contributed by atoms with Gasteiger partial charge >= 0.3 is 0 Å². The molecule has 0 radical (unpaired) electrons. The van der Waals surface area contributed by atoms with Crippen molar-refractivity contribution in [2.45, 2.75) is 198 Å². The van der Waals surface area contributed by atoms with Crippen molar-refractivity contribution in [1.82, 2.24) is 5.32 Å². The van der Waals surface area contributed by atoms with Crippen molar-refractivity contribution < 1.29 is 39.8 Å². The van der Waals surface area contributed by atoms with E-state index in [1.165, 1.54) is 83.5 Å². The Labute approximate surface area is 334 Å². The Balaban J connectivity index is 2.48. The van der Waals surface area contributed by atoms with Crippen molar-refractivity contribution in [3.63, 3.8) is 0 Å². The topological polar surface area (TPSA) is 149 Å². The Hall–Kier alpha value is -2.37. The van der Waals surface area contributed by atoms with Crippen molar-refractivity contribution in [2.24, 2.45) is 0 Å². The van der Waals surface area contributed by atoms with Crippen molar-refractivity contribution in [3.8, 4) is 0 Å². The Morgan fingerprint density at radius 1 is 0.618 bits per heavy atom. The molecule has 55 heavy (non-hydrogen) atoms. The molecule has 1 unspecified atom stereocenters. The van der Waals surface area contributed by atoms with Gasteiger partial charge in [0.25, 0.3) is 0 Å². The van der Waals surface area contributed by atoms with Crippen LogP contribution in [-0.4, -0.2) is 87.5 Å². The maximum atomic E-state index is 12.9. The number of aliphatic hydroxyl groups is 5. The number of hydrogen-bond acceptors (Lipinski definition) is 8. The summed E-state index contributed by atoms with van der Waals surface area (Å²) in [6.07, 6.45) is 40.9. The lowest BCUT2D eigenvalue weighted by Gasteiger charge is -2.40. The molecule has 1 aliphatic heterocycles. The molecule has 1 saturated heterocycles. The lowest BCUT2D eigenvalue weighted by molar-refractivity contribution is -0.302. The molecule has 316 valence electrons. The van der Waals surface area contributed by atoms with E-state index in [1.54, 1.807) is 6.08 Å². The fourth-order valence-corrected chi connectivity index (χ4v) is 6.23. The van der Waals surface area contributed by atoms with Gasteiger partial charge < -0.3 is 40.3 Å². The minimum atomic E-state index is -1.58. The normalized spacial score (nSPS) is 22.1. The van der Waals surface area contributed by atoms with Crippen LogP contribution in [0.4, 0.5) is 0 Å². The van der Waals surface area contributed by atoms with E-state index in [0.29, 0.717) is 12.8 Å². The summed E-state index contributed by atoms with van der Waals surface area (Å²) in [6.45, 7) is 3.65. The Morgan fingerprint density at radius 2 is 1.09 bits per heavy atom. The Morgan fingerprint density at radius 3 is 1.64 bits per heavy atom. The maximum absolute atomic E-state index is 12.9. The van der Waals surface area contributed by atoms with Crippen LogP contribution in [0.1, 0.15) is 155 Å². The summed E-state index contributed by atoms with van der Waals surface area (Å²) < 4.78 is 11.1. The fraction of sp³-hybridized carbons (Fsp3) is 0.717. The second-order valence-electron chi connectivity index (χ2n) is 14.8. The zero-order chi connectivity index (χ0) is 40.2. The van der Waals surface area contributed by atoms with Crippen LogP contribution in [0.25, 0.3) is 0 Å². The van der Waals surface area contributed by atoms with Gasteiger partial charge in [-0.3, -0.25) is 4.79 Å². The molecule has 6 N–H and O–H groups in total. The molecule has 0 aliphatic carbocycles. The lowest BCUT2D eigenvalue weighted by atomic mass is 9.99. The molecule has 1 fully saturated rings. The number of carbonyl (C=O) groups excluding carboxylic acids is 1. The van der Waals surface area contributed by atoms with Crippen LogP contribution in [0.5, 0.6) is 0 Å². The number of ether oxygens (including phenoxy) is 2. The number of rotatable bonds is 34. The van der Waals surface area contributed by atoms with Gasteiger partial charge in [0, 0.05) is 6.42 Å². The first-order valence-electron chi connectivity index (χ1n) is 21.7. The summed E-state index contributed by atoms with van der Waals surface area (Å²) in [5.74, 6) is -0.248. The van der Waals surface area contributed by atoms with Crippen LogP contribution >= 0.6 is 0 Å². The molecule has 0 aromatic heterocycles. The molecule has 0 saturated carbocycles. The van der Waals surface area contributed by atoms with Gasteiger partial charge in [-0.2, -0.15) is 0 Å². The summed E-state index contributed by atoms with van der Waals surface area (Å²) >= 11 is 0. The second kappa shape index (κ2) is 36.0. The quantitative estimate of drug-likeness (QED) is 0.0281. The molecule has 1 amide bonds. The van der Waals surface area contributed by atoms with Crippen LogP contribution < -0.4 is 5.32 Å². The highest BCUT2D eigenvalue weighted by atomic mass is 16.7. The number of amides is 1. The average Bonchev–Trinajstić information content (AvgIpc) is 3.18. The molecule has 0 spiro atoms. The maximum Gasteiger partial charge on any atom is 0.220 e. The van der Waals surface area contributed by atoms with E-state index in [2.05, 4.69) is 79.9 Å². The van der Waals surface area contributed by atoms with Crippen LogP contribution in [0, 0.1) is 0 Å². The molecule has 7 atom stereocenters. The minimum Gasteiger partial charge on any atom is -0.394 e. The minimum absolute atomic E-state index is 0.230. The van der Waals surface area contributed by atoms with E-state index in [1.807, 2.05) is 6.08 Å². The molecule has 0 bridgehead atoms. The van der Waals surface area contributed by atoms with E-state index >= 15 is 0 Å². The molecule has 0 aromatic carbocycles.